The van der Waals surface area contributed by atoms with Gasteiger partial charge in [-0.1, -0.05) is 282 Å². The molecule has 6 aliphatic carbocycles. The fraction of sp³-hybridized carbons (Fsp3) is 0.865. The Balaban J connectivity index is 0.000000597. The summed E-state index contributed by atoms with van der Waals surface area (Å²) in [4.78, 5) is 186. The van der Waals surface area contributed by atoms with Crippen molar-refractivity contribution in [2.75, 3.05) is 53.9 Å². The molecule has 6 aliphatic rings. The summed E-state index contributed by atoms with van der Waals surface area (Å²) in [6, 6.07) is 0.825. The number of hydrogen-bond donors (Lipinski definition) is 12. The molecule has 0 aromatic heterocycles. The van der Waals surface area contributed by atoms with E-state index in [-0.39, 0.29) is 177 Å². The molecule has 12 atom stereocenters. The molecule has 0 aliphatic heterocycles. The second-order valence-electron chi connectivity index (χ2n) is 42.0. The minimum Gasteiger partial charge on any atom is -0.359 e. The molecule has 12 unspecified atom stereocenters. The average Bonchev–Trinajstić information content (AvgIpc) is 0.846. The Morgan fingerprint density at radius 2 is 0.601 bits per heavy atom. The SMILES string of the molecule is CC1CCCCC1CC(=O)CC(CC(=O)NC1CCCCC1C)C(=O)NC1CCCCC1C.CCCCC(CC)CNC(=O)CC(CC(=O)NCC(CC)CCCC)C(=O)NCC(CC)CCCC.CCCCCC(=O)CC(CC(=O)NCCCC)C(=O)NCCCC.CNC(=O)CC(CC(=O)NC)C(=O)NC.O=C(CC1CCCCC1)CC(CC(=O)NC1CCCCC1)C(=O)NC1CCCCC1. The van der Waals surface area contributed by atoms with Crippen LogP contribution in [0.2, 0.25) is 0 Å². The van der Waals surface area contributed by atoms with Gasteiger partial charge in [-0.15, -0.1) is 0 Å². The zero-order chi connectivity index (χ0) is 102. The van der Waals surface area contributed by atoms with Gasteiger partial charge in [-0.3, -0.25) is 71.9 Å². The Labute approximate surface area is 836 Å². The number of unbranched alkanes of at least 4 members (excludes halogenated alkanes) is 7. The molecule has 0 spiro atoms. The van der Waals surface area contributed by atoms with Crippen LogP contribution in [0.5, 0.6) is 0 Å². The zero-order valence-corrected chi connectivity index (χ0v) is 89.7. The smallest absolute Gasteiger partial charge is 0.224 e. The van der Waals surface area contributed by atoms with Gasteiger partial charge in [0, 0.05) is 162 Å². The van der Waals surface area contributed by atoms with E-state index in [0.717, 1.165) is 231 Å². The van der Waals surface area contributed by atoms with Crippen molar-refractivity contribution in [2.45, 2.75) is 486 Å². The summed E-state index contributed by atoms with van der Waals surface area (Å²) >= 11 is 0. The van der Waals surface area contributed by atoms with Crippen molar-refractivity contribution in [3.8, 4) is 0 Å². The molecule has 6 fully saturated rings. The van der Waals surface area contributed by atoms with E-state index in [1.54, 1.807) is 0 Å². The van der Waals surface area contributed by atoms with E-state index >= 15 is 0 Å². The van der Waals surface area contributed by atoms with Gasteiger partial charge < -0.3 is 63.8 Å². The van der Waals surface area contributed by atoms with Gasteiger partial charge in [-0.05, 0) is 144 Å². The van der Waals surface area contributed by atoms with E-state index in [0.29, 0.717) is 99.3 Å². The number of nitrogens with one attached hydrogen (secondary N) is 12. The molecular weight excluding hydrogens is 1740 g/mol. The van der Waals surface area contributed by atoms with Gasteiger partial charge in [-0.2, -0.15) is 0 Å². The molecule has 0 aromatic rings. The normalized spacial score (nSPS) is 19.9. The minimum absolute atomic E-state index is 0.0175. The predicted molar refractivity (Wildman–Crippen MR) is 556 cm³/mol. The maximum atomic E-state index is 13.3. The lowest BCUT2D eigenvalue weighted by molar-refractivity contribution is -0.134. The van der Waals surface area contributed by atoms with Crippen LogP contribution in [0.3, 0.4) is 0 Å². The van der Waals surface area contributed by atoms with Crippen LogP contribution >= 0.6 is 0 Å². The first-order valence-electron chi connectivity index (χ1n) is 56.1. The van der Waals surface area contributed by atoms with Crippen molar-refractivity contribution in [3.05, 3.63) is 0 Å². The van der Waals surface area contributed by atoms with Crippen molar-refractivity contribution in [2.24, 2.45) is 76.9 Å². The van der Waals surface area contributed by atoms with Gasteiger partial charge >= 0.3 is 0 Å². The van der Waals surface area contributed by atoms with E-state index in [2.05, 4.69) is 147 Å². The molecule has 12 N–H and O–H groups in total. The second kappa shape index (κ2) is 79.2. The molecule has 138 heavy (non-hydrogen) atoms. The Hall–Kier alpha value is -7.35. The summed E-state index contributed by atoms with van der Waals surface area (Å²) in [5, 5.41) is 34.8. The number of carbonyl (C=O) groups excluding carboxylic acids is 15. The van der Waals surface area contributed by atoms with E-state index in [9.17, 15) is 71.9 Å². The van der Waals surface area contributed by atoms with E-state index in [1.165, 1.54) is 85.4 Å². The van der Waals surface area contributed by atoms with Crippen LogP contribution in [0.15, 0.2) is 0 Å². The van der Waals surface area contributed by atoms with E-state index in [4.69, 9.17) is 0 Å². The quantitative estimate of drug-likeness (QED) is 0.0252. The molecule has 12 amide bonds. The van der Waals surface area contributed by atoms with Crippen LogP contribution in [-0.4, -0.2) is 166 Å². The Morgan fingerprint density at radius 1 is 0.261 bits per heavy atom. The Kier molecular flexibility index (Phi) is 72.7. The highest BCUT2D eigenvalue weighted by molar-refractivity contribution is 5.94. The van der Waals surface area contributed by atoms with Crippen LogP contribution in [-0.2, 0) is 71.9 Å². The summed E-state index contributed by atoms with van der Waals surface area (Å²) < 4.78 is 0. The van der Waals surface area contributed by atoms with Crippen LogP contribution < -0.4 is 63.8 Å². The maximum Gasteiger partial charge on any atom is 0.224 e. The van der Waals surface area contributed by atoms with E-state index in [1.807, 2.05) is 0 Å². The number of rotatable bonds is 61. The third-order valence-corrected chi connectivity index (χ3v) is 30.1. The average molecular weight is 1940 g/mol. The highest BCUT2D eigenvalue weighted by Gasteiger charge is 2.36. The summed E-state index contributed by atoms with van der Waals surface area (Å²) in [6.07, 6.45) is 53.8. The van der Waals surface area contributed by atoms with Gasteiger partial charge in [0.05, 0.1) is 29.6 Å². The van der Waals surface area contributed by atoms with Crippen molar-refractivity contribution in [1.29, 1.82) is 0 Å². The predicted octanol–water partition coefficient (Wildman–Crippen LogP) is 18.7. The fourth-order valence-electron chi connectivity index (χ4n) is 20.2. The van der Waals surface area contributed by atoms with Crippen molar-refractivity contribution >= 4 is 88.2 Å². The lowest BCUT2D eigenvalue weighted by Gasteiger charge is -2.32. The highest BCUT2D eigenvalue weighted by atomic mass is 16.2. The Bertz CT molecular complexity index is 3270. The fourth-order valence-corrected chi connectivity index (χ4v) is 20.2. The van der Waals surface area contributed by atoms with Crippen LogP contribution in [0, 0.1) is 76.9 Å². The third kappa shape index (κ3) is 59.5. The molecule has 0 aromatic carbocycles. The molecule has 27 nitrogen and oxygen atoms in total. The third-order valence-electron chi connectivity index (χ3n) is 30.1. The number of Topliss-reactive ketones (excluding diaryl/α,β-unsaturated/α-hetero) is 3. The molecule has 0 heterocycles. The second-order valence-corrected chi connectivity index (χ2v) is 42.0. The molecular formula is C111H202N12O15. The Morgan fingerprint density at radius 3 is 1.04 bits per heavy atom. The maximum absolute atomic E-state index is 13.3. The first-order valence-corrected chi connectivity index (χ1v) is 56.1. The summed E-state index contributed by atoms with van der Waals surface area (Å²) in [5.74, 6) is -0.554. The molecule has 0 saturated heterocycles. The van der Waals surface area contributed by atoms with Gasteiger partial charge in [0.25, 0.3) is 0 Å². The molecule has 0 bridgehead atoms. The number of amides is 12. The van der Waals surface area contributed by atoms with Gasteiger partial charge in [-0.25, -0.2) is 0 Å². The zero-order valence-electron chi connectivity index (χ0n) is 89.7. The van der Waals surface area contributed by atoms with Crippen molar-refractivity contribution in [1.82, 2.24) is 63.8 Å². The van der Waals surface area contributed by atoms with Crippen LogP contribution in [0.4, 0.5) is 0 Å². The number of ketones is 3. The number of carbonyl (C=O) groups is 15. The first kappa shape index (κ1) is 127. The standard InChI is InChI=1S/C30H59N3O3.C28H48N2O3.C25H42N2O3.C19H36N2O3.C9H17N3O3/c1-7-13-16-24(10-4)21-31-28(34)19-27(30(36)33-23-26(12-6)18-15-9-3)20-29(35)32-22-25(11-5)17-14-8-2;1-19-10-4-7-13-22(19)16-24(31)17-23(28(33)30-26-15-9-6-12-21(26)3)18-27(32)29-25-14-8-5-11-20(25)2;28-23(16-19-10-4-1-5-11-19)17-20(25(30)27-22-14-8-3-9-15-22)18-24(29)26-21-12-6-2-7-13-21;1-4-7-10-11-17(22)14-16(19(24)21-13-9-6-3)15-18(23)20-12-8-5-2;1-10-7(13)4-6(9(15)12-3)5-8(14)11-2/h24-27H,7-23H2,1-6H3,(H,31,34)(H,32,35)(H,33,36);19-23,25-26H,4-18H2,1-3H3,(H,29,32)(H,30,33);19-22H,1-18H2,(H,26,29)(H,27,30);16H,4-15H2,1-3H3,(H,20,23)(H,21,24);6H,4-5H2,1-3H3,(H,10,13)(H,11,14)(H,12,15). The van der Waals surface area contributed by atoms with Crippen molar-refractivity contribution < 1.29 is 71.9 Å². The molecule has 27 heteroatoms. The van der Waals surface area contributed by atoms with Crippen molar-refractivity contribution in [3.63, 3.8) is 0 Å². The molecule has 6 saturated carbocycles. The van der Waals surface area contributed by atoms with Gasteiger partial charge in [0.2, 0.25) is 70.9 Å². The number of hydrogen-bond acceptors (Lipinski definition) is 15. The lowest BCUT2D eigenvalue weighted by atomic mass is 9.77. The minimum atomic E-state index is -0.639. The molecule has 796 valence electrons. The van der Waals surface area contributed by atoms with Gasteiger partial charge in [0.15, 0.2) is 0 Å². The van der Waals surface area contributed by atoms with E-state index < -0.39 is 29.6 Å². The highest BCUT2D eigenvalue weighted by Crippen LogP contribution is 2.35. The van der Waals surface area contributed by atoms with Crippen LogP contribution in [0.25, 0.3) is 0 Å². The largest absolute Gasteiger partial charge is 0.359 e. The first-order chi connectivity index (χ1) is 66.4. The summed E-state index contributed by atoms with van der Waals surface area (Å²) in [6.45, 7) is 29.0. The van der Waals surface area contributed by atoms with Crippen LogP contribution in [0.1, 0.15) is 462 Å². The van der Waals surface area contributed by atoms with Gasteiger partial charge in [0.1, 0.15) is 17.3 Å². The lowest BCUT2D eigenvalue weighted by Crippen LogP contribution is -2.46. The topological polar surface area (TPSA) is 400 Å². The summed E-state index contributed by atoms with van der Waals surface area (Å²) in [7, 11) is 4.45. The monoisotopic (exact) mass is 1940 g/mol. The molecule has 0 radical (unpaired) electrons. The molecule has 6 rings (SSSR count). The summed E-state index contributed by atoms with van der Waals surface area (Å²) in [5.41, 5.74) is 0.